The van der Waals surface area contributed by atoms with Crippen molar-refractivity contribution >= 4 is 22.8 Å². The highest BCUT2D eigenvalue weighted by atomic mass is 19.1. The number of benzene rings is 2. The second-order valence-electron chi connectivity index (χ2n) is 6.63. The number of halogens is 1. The molecule has 2 aromatic heterocycles. The Kier molecular flexibility index (Phi) is 4.56. The lowest BCUT2D eigenvalue weighted by Crippen LogP contribution is -2.04. The fraction of sp³-hybridized carbons (Fsp3) is 0.100. The van der Waals surface area contributed by atoms with Crippen molar-refractivity contribution in [3.63, 3.8) is 0 Å². The van der Waals surface area contributed by atoms with Crippen molar-refractivity contribution in [3.8, 4) is 17.3 Å². The number of hydrogen-bond donors (Lipinski definition) is 1. The first-order valence-electron chi connectivity index (χ1n) is 8.80. The Balaban J connectivity index is 1.81. The van der Waals surface area contributed by atoms with Gasteiger partial charge in [0.2, 0.25) is 5.95 Å². The predicted molar refractivity (Wildman–Crippen MR) is 107 cm³/mol. The molecule has 0 saturated carbocycles. The summed E-state index contributed by atoms with van der Waals surface area (Å²) in [7, 11) is 0. The van der Waals surface area contributed by atoms with Gasteiger partial charge in [0.05, 0.1) is 23.4 Å². The molecule has 0 unspecified atom stereocenters. The van der Waals surface area contributed by atoms with E-state index in [0.29, 0.717) is 23.3 Å². The third-order valence-electron chi connectivity index (χ3n) is 4.67. The summed E-state index contributed by atoms with van der Waals surface area (Å²) in [6, 6.07) is 11.0. The zero-order valence-corrected chi connectivity index (χ0v) is 15.7. The number of nitro benzene ring substituents is 1. The van der Waals surface area contributed by atoms with Crippen LogP contribution in [0.4, 0.5) is 16.0 Å². The first-order valence-corrected chi connectivity index (χ1v) is 8.80. The number of aryl methyl sites for hydroxylation is 1. The number of fused-ring (bicyclic) bond motifs is 1. The molecule has 10 heteroatoms. The van der Waals surface area contributed by atoms with Gasteiger partial charge in [0.15, 0.2) is 5.65 Å². The number of nitriles is 1. The Hall–Kier alpha value is -4.39. The van der Waals surface area contributed by atoms with Gasteiger partial charge in [-0.3, -0.25) is 10.1 Å². The molecule has 2 aromatic carbocycles. The van der Waals surface area contributed by atoms with E-state index in [4.69, 9.17) is 11.0 Å². The van der Waals surface area contributed by atoms with Crippen molar-refractivity contribution in [2.75, 3.05) is 5.73 Å². The zero-order valence-electron chi connectivity index (χ0n) is 15.7. The first-order chi connectivity index (χ1) is 14.4. The van der Waals surface area contributed by atoms with Crippen molar-refractivity contribution in [1.29, 1.82) is 5.26 Å². The van der Waals surface area contributed by atoms with Gasteiger partial charge in [-0.05, 0) is 30.7 Å². The Morgan fingerprint density at radius 2 is 2.10 bits per heavy atom. The number of nitrogens with zero attached hydrogens (tertiary/aromatic N) is 6. The quantitative estimate of drug-likeness (QED) is 0.407. The summed E-state index contributed by atoms with van der Waals surface area (Å²) in [5, 5.41) is 20.1. The zero-order chi connectivity index (χ0) is 21.4. The molecule has 30 heavy (non-hydrogen) atoms. The van der Waals surface area contributed by atoms with Gasteiger partial charge in [-0.25, -0.2) is 14.4 Å². The van der Waals surface area contributed by atoms with Gasteiger partial charge in [0, 0.05) is 17.2 Å². The lowest BCUT2D eigenvalue weighted by Gasteiger charge is -2.08. The van der Waals surface area contributed by atoms with Crippen molar-refractivity contribution in [3.05, 3.63) is 75.3 Å². The molecule has 0 aliphatic carbocycles. The molecular formula is C20H14FN7O2. The summed E-state index contributed by atoms with van der Waals surface area (Å²) in [6.07, 6.45) is 1.52. The van der Waals surface area contributed by atoms with Gasteiger partial charge in [-0.1, -0.05) is 12.1 Å². The second kappa shape index (κ2) is 7.21. The highest BCUT2D eigenvalue weighted by Crippen LogP contribution is 2.29. The summed E-state index contributed by atoms with van der Waals surface area (Å²) in [4.78, 5) is 23.3. The number of rotatable bonds is 4. The van der Waals surface area contributed by atoms with E-state index in [0.717, 1.165) is 5.56 Å². The largest absolute Gasteiger partial charge is 0.368 e. The van der Waals surface area contributed by atoms with Gasteiger partial charge in [0.25, 0.3) is 5.69 Å². The van der Waals surface area contributed by atoms with Crippen LogP contribution < -0.4 is 5.73 Å². The fourth-order valence-corrected chi connectivity index (χ4v) is 3.28. The molecule has 4 rings (SSSR count). The molecule has 0 aliphatic rings. The van der Waals surface area contributed by atoms with Crippen molar-refractivity contribution in [2.24, 2.45) is 0 Å². The van der Waals surface area contributed by atoms with Crippen LogP contribution in [0.3, 0.4) is 0 Å². The Morgan fingerprint density at radius 1 is 1.30 bits per heavy atom. The average Bonchev–Trinajstić information content (AvgIpc) is 3.10. The summed E-state index contributed by atoms with van der Waals surface area (Å²) in [6.45, 7) is 1.99. The number of nitrogens with two attached hydrogens (primary N) is 1. The molecule has 0 atom stereocenters. The number of imidazole rings is 1. The maximum absolute atomic E-state index is 14.7. The molecule has 148 valence electrons. The Morgan fingerprint density at radius 3 is 2.80 bits per heavy atom. The molecule has 4 aromatic rings. The molecule has 2 N–H and O–H groups in total. The Bertz CT molecular complexity index is 1360. The lowest BCUT2D eigenvalue weighted by atomic mass is 10.1. The molecule has 0 bridgehead atoms. The molecule has 2 heterocycles. The minimum absolute atomic E-state index is 0.0379. The van der Waals surface area contributed by atoms with Crippen LogP contribution in [0.25, 0.3) is 22.4 Å². The van der Waals surface area contributed by atoms with Crippen molar-refractivity contribution in [2.45, 2.75) is 13.5 Å². The number of nitrogen functional groups attached to an aromatic ring is 1. The van der Waals surface area contributed by atoms with Crippen molar-refractivity contribution < 1.29 is 9.31 Å². The van der Waals surface area contributed by atoms with Gasteiger partial charge in [-0.15, -0.1) is 0 Å². The topological polar surface area (TPSA) is 137 Å². The van der Waals surface area contributed by atoms with Gasteiger partial charge in [0.1, 0.15) is 23.1 Å². The van der Waals surface area contributed by atoms with E-state index in [1.807, 2.05) is 0 Å². The number of hydrogen-bond acceptors (Lipinski definition) is 7. The number of aromatic nitrogens is 4. The molecule has 0 fully saturated rings. The van der Waals surface area contributed by atoms with Crippen LogP contribution >= 0.6 is 0 Å². The van der Waals surface area contributed by atoms with Crippen LogP contribution in [0, 0.1) is 34.2 Å². The summed E-state index contributed by atoms with van der Waals surface area (Å²) < 4.78 is 16.4. The molecule has 0 spiro atoms. The van der Waals surface area contributed by atoms with E-state index in [1.54, 1.807) is 35.8 Å². The monoisotopic (exact) mass is 403 g/mol. The van der Waals surface area contributed by atoms with E-state index < -0.39 is 10.7 Å². The van der Waals surface area contributed by atoms with Gasteiger partial charge >= 0.3 is 0 Å². The second-order valence-corrected chi connectivity index (χ2v) is 6.63. The fourth-order valence-electron chi connectivity index (χ4n) is 3.28. The standard InChI is InChI=1S/C20H14FN7O2/c1-11-7-12(5-6-15(11)28(29)30)9-27-10-24-18-17(25-20(23)26-19(18)27)14-4-2-3-13(8-22)16(14)21/h2-7,10H,9H2,1H3,(H2,23,25,26). The maximum Gasteiger partial charge on any atom is 0.272 e. The minimum Gasteiger partial charge on any atom is -0.368 e. The summed E-state index contributed by atoms with van der Waals surface area (Å²) in [5.74, 6) is -0.777. The number of anilines is 1. The lowest BCUT2D eigenvalue weighted by molar-refractivity contribution is -0.385. The van der Waals surface area contributed by atoms with E-state index in [9.17, 15) is 14.5 Å². The average molecular weight is 403 g/mol. The third kappa shape index (κ3) is 3.18. The van der Waals surface area contributed by atoms with Crippen LogP contribution in [-0.2, 0) is 6.54 Å². The number of nitro groups is 1. The predicted octanol–water partition coefficient (Wildman–Crippen LogP) is 3.35. The van der Waals surface area contributed by atoms with E-state index in [1.165, 1.54) is 24.5 Å². The van der Waals surface area contributed by atoms with Gasteiger partial charge < -0.3 is 10.3 Å². The van der Waals surface area contributed by atoms with Crippen LogP contribution in [0.15, 0.2) is 42.7 Å². The Labute approximate surface area is 169 Å². The highest BCUT2D eigenvalue weighted by molar-refractivity contribution is 5.88. The molecule has 0 saturated heterocycles. The van der Waals surface area contributed by atoms with Crippen LogP contribution in [0.5, 0.6) is 0 Å². The molecular weight excluding hydrogens is 389 g/mol. The van der Waals surface area contributed by atoms with E-state index >= 15 is 0 Å². The smallest absolute Gasteiger partial charge is 0.272 e. The van der Waals surface area contributed by atoms with Crippen LogP contribution in [-0.4, -0.2) is 24.4 Å². The summed E-state index contributed by atoms with van der Waals surface area (Å²) >= 11 is 0. The normalized spacial score (nSPS) is 10.8. The third-order valence-corrected chi connectivity index (χ3v) is 4.67. The molecule has 0 radical (unpaired) electrons. The van der Waals surface area contributed by atoms with Crippen LogP contribution in [0.1, 0.15) is 16.7 Å². The minimum atomic E-state index is -0.708. The highest BCUT2D eigenvalue weighted by Gasteiger charge is 2.19. The van der Waals surface area contributed by atoms with Gasteiger partial charge in [-0.2, -0.15) is 10.2 Å². The molecule has 0 amide bonds. The van der Waals surface area contributed by atoms with Crippen LogP contribution in [0.2, 0.25) is 0 Å². The summed E-state index contributed by atoms with van der Waals surface area (Å²) in [5.41, 5.74) is 8.12. The van der Waals surface area contributed by atoms with Crippen molar-refractivity contribution in [1.82, 2.24) is 19.5 Å². The first kappa shape index (κ1) is 18.9. The molecule has 0 aliphatic heterocycles. The maximum atomic E-state index is 14.7. The molecule has 9 nitrogen and oxygen atoms in total. The van der Waals surface area contributed by atoms with E-state index in [-0.39, 0.29) is 28.5 Å². The van der Waals surface area contributed by atoms with E-state index in [2.05, 4.69) is 15.0 Å². The SMILES string of the molecule is Cc1cc(Cn2cnc3c(-c4cccc(C#N)c4F)nc(N)nc32)ccc1[N+](=O)[O-].